The molecule has 142 valence electrons. The molecule has 2 atom stereocenters. The van der Waals surface area contributed by atoms with Crippen molar-refractivity contribution in [3.05, 3.63) is 47.1 Å². The van der Waals surface area contributed by atoms with Crippen LogP contribution in [0.2, 0.25) is 0 Å². The molecule has 0 saturated carbocycles. The molecule has 7 heteroatoms. The molecule has 3 fully saturated rings. The molecule has 3 saturated heterocycles. The lowest BCUT2D eigenvalue weighted by atomic mass is 9.95. The Balaban J connectivity index is 1.28. The number of nitrogens with zero attached hydrogens (tertiary/aromatic N) is 4. The fraction of sp³-hybridized carbons (Fsp3) is 0.550. The molecule has 2 N–H and O–H groups in total. The summed E-state index contributed by atoms with van der Waals surface area (Å²) in [6.45, 7) is 3.91. The number of carbonyl (C=O) groups excluding carboxylic acids is 1. The van der Waals surface area contributed by atoms with Gasteiger partial charge in [0.2, 0.25) is 5.89 Å². The van der Waals surface area contributed by atoms with E-state index in [-0.39, 0.29) is 5.82 Å². The molecule has 2 aromatic rings. The summed E-state index contributed by atoms with van der Waals surface area (Å²) in [6.07, 6.45) is 4.83. The summed E-state index contributed by atoms with van der Waals surface area (Å²) in [6, 6.07) is 9.98. The molecule has 4 aliphatic rings. The summed E-state index contributed by atoms with van der Waals surface area (Å²) in [5.74, 6) is 0.479. The number of carbonyl (C=O) groups is 1. The highest BCUT2D eigenvalue weighted by atomic mass is 16.5. The quantitative estimate of drug-likeness (QED) is 0.874. The van der Waals surface area contributed by atoms with Crippen molar-refractivity contribution in [3.63, 3.8) is 0 Å². The second-order valence-electron chi connectivity index (χ2n) is 8.19. The predicted octanol–water partition coefficient (Wildman–Crippen LogP) is 1.23. The maximum absolute atomic E-state index is 11.2. The molecule has 0 unspecified atom stereocenters. The van der Waals surface area contributed by atoms with Gasteiger partial charge in [-0.15, -0.1) is 0 Å². The van der Waals surface area contributed by atoms with Gasteiger partial charge in [0.25, 0.3) is 11.7 Å². The number of aromatic nitrogens is 2. The van der Waals surface area contributed by atoms with Gasteiger partial charge in [-0.2, -0.15) is 4.98 Å². The van der Waals surface area contributed by atoms with Crippen LogP contribution in [0, 0.1) is 5.92 Å². The summed E-state index contributed by atoms with van der Waals surface area (Å²) in [4.78, 5) is 20.5. The van der Waals surface area contributed by atoms with E-state index < -0.39 is 5.91 Å². The van der Waals surface area contributed by atoms with E-state index in [1.165, 1.54) is 43.4 Å². The van der Waals surface area contributed by atoms with Crippen LogP contribution in [0.3, 0.4) is 0 Å². The number of piperidine rings is 1. The summed E-state index contributed by atoms with van der Waals surface area (Å²) in [5, 5.41) is 3.67. The summed E-state index contributed by atoms with van der Waals surface area (Å²) >= 11 is 0. The third kappa shape index (κ3) is 3.26. The third-order valence-corrected chi connectivity index (χ3v) is 6.43. The summed E-state index contributed by atoms with van der Waals surface area (Å²) in [7, 11) is 0. The van der Waals surface area contributed by atoms with Crippen molar-refractivity contribution in [1.82, 2.24) is 19.9 Å². The lowest BCUT2D eigenvalue weighted by Crippen LogP contribution is -2.44. The van der Waals surface area contributed by atoms with E-state index >= 15 is 0 Å². The molecule has 1 amide bonds. The normalized spacial score (nSPS) is 26.2. The number of rotatable bonds is 4. The fourth-order valence-electron chi connectivity index (χ4n) is 5.09. The van der Waals surface area contributed by atoms with E-state index in [4.69, 9.17) is 10.3 Å². The van der Waals surface area contributed by atoms with Crippen molar-refractivity contribution in [2.45, 2.75) is 44.3 Å². The molecule has 1 aromatic carbocycles. The zero-order valence-electron chi connectivity index (χ0n) is 15.4. The minimum Gasteiger partial charge on any atom is -0.363 e. The van der Waals surface area contributed by atoms with Crippen molar-refractivity contribution in [1.29, 1.82) is 0 Å². The lowest BCUT2D eigenvalue weighted by Gasteiger charge is -2.35. The van der Waals surface area contributed by atoms with E-state index in [1.807, 2.05) is 0 Å². The molecule has 1 aliphatic carbocycles. The van der Waals surface area contributed by atoms with Crippen LogP contribution >= 0.6 is 0 Å². The molecule has 1 aromatic heterocycles. The maximum atomic E-state index is 11.2. The maximum Gasteiger partial charge on any atom is 0.290 e. The van der Waals surface area contributed by atoms with Crippen LogP contribution in [0.1, 0.15) is 40.5 Å². The topological polar surface area (TPSA) is 88.5 Å². The minimum absolute atomic E-state index is 0.0321. The Kier molecular flexibility index (Phi) is 4.21. The number of hydrogen-bond acceptors (Lipinski definition) is 6. The number of amides is 1. The van der Waals surface area contributed by atoms with Crippen LogP contribution in [0.5, 0.6) is 0 Å². The van der Waals surface area contributed by atoms with Gasteiger partial charge in [-0.25, -0.2) is 0 Å². The van der Waals surface area contributed by atoms with E-state index in [0.29, 0.717) is 30.4 Å². The average Bonchev–Trinajstić information content (AvgIpc) is 3.21. The van der Waals surface area contributed by atoms with E-state index in [9.17, 15) is 4.79 Å². The van der Waals surface area contributed by atoms with Crippen molar-refractivity contribution in [2.24, 2.45) is 11.7 Å². The van der Waals surface area contributed by atoms with Gasteiger partial charge in [0.1, 0.15) is 0 Å². The van der Waals surface area contributed by atoms with E-state index in [0.717, 1.165) is 13.1 Å². The highest BCUT2D eigenvalue weighted by Crippen LogP contribution is 2.33. The van der Waals surface area contributed by atoms with Crippen LogP contribution in [-0.2, 0) is 19.4 Å². The second kappa shape index (κ2) is 6.73. The van der Waals surface area contributed by atoms with E-state index in [1.54, 1.807) is 0 Å². The van der Waals surface area contributed by atoms with Gasteiger partial charge < -0.3 is 10.3 Å². The number of primary amides is 1. The smallest absolute Gasteiger partial charge is 0.290 e. The Labute approximate surface area is 158 Å². The average molecular weight is 367 g/mol. The molecule has 27 heavy (non-hydrogen) atoms. The molecule has 0 spiro atoms. The lowest BCUT2D eigenvalue weighted by molar-refractivity contribution is 0.0987. The molecule has 2 bridgehead atoms. The van der Waals surface area contributed by atoms with Gasteiger partial charge in [-0.1, -0.05) is 29.4 Å². The van der Waals surface area contributed by atoms with Crippen LogP contribution in [0.15, 0.2) is 28.8 Å². The zero-order valence-corrected chi connectivity index (χ0v) is 15.4. The van der Waals surface area contributed by atoms with Crippen molar-refractivity contribution in [3.8, 4) is 0 Å². The first-order chi connectivity index (χ1) is 13.2. The molecule has 3 aliphatic heterocycles. The Morgan fingerprint density at radius 1 is 1.11 bits per heavy atom. The van der Waals surface area contributed by atoms with Crippen molar-refractivity contribution < 1.29 is 9.32 Å². The standard InChI is InChI=1S/C20H25N5O2/c21-19(26)20-22-18(27-23-20)12-25-10-13-5-6-16(25)11-24(9-13)17-7-14-3-1-2-4-15(14)8-17/h1-4,13,16-17H,5-12H2,(H2,21,26)/t13-,16+/m0/s1. The van der Waals surface area contributed by atoms with Gasteiger partial charge in [0.05, 0.1) is 6.54 Å². The minimum atomic E-state index is -0.644. The summed E-state index contributed by atoms with van der Waals surface area (Å²) < 4.78 is 5.23. The van der Waals surface area contributed by atoms with Gasteiger partial charge in [-0.3, -0.25) is 14.6 Å². The molecule has 7 nitrogen and oxygen atoms in total. The predicted molar refractivity (Wildman–Crippen MR) is 98.9 cm³/mol. The van der Waals surface area contributed by atoms with Crippen molar-refractivity contribution >= 4 is 5.91 Å². The van der Waals surface area contributed by atoms with Crippen LogP contribution in [0.25, 0.3) is 0 Å². The first-order valence-corrected chi connectivity index (χ1v) is 9.83. The van der Waals surface area contributed by atoms with Crippen molar-refractivity contribution in [2.75, 3.05) is 19.6 Å². The Morgan fingerprint density at radius 2 is 1.89 bits per heavy atom. The first-order valence-electron chi connectivity index (χ1n) is 9.83. The third-order valence-electron chi connectivity index (χ3n) is 6.43. The first kappa shape index (κ1) is 16.9. The Hall–Kier alpha value is -2.25. The number of nitrogens with two attached hydrogens (primary N) is 1. The molecular formula is C20H25N5O2. The number of fused-ring (bicyclic) bond motifs is 5. The number of hydrogen-bond donors (Lipinski definition) is 1. The largest absolute Gasteiger partial charge is 0.363 e. The molecule has 0 radical (unpaired) electrons. The Morgan fingerprint density at radius 3 is 2.59 bits per heavy atom. The fourth-order valence-corrected chi connectivity index (χ4v) is 5.09. The second-order valence-corrected chi connectivity index (χ2v) is 8.19. The number of benzene rings is 1. The van der Waals surface area contributed by atoms with Gasteiger partial charge in [0.15, 0.2) is 0 Å². The SMILES string of the molecule is NC(=O)c1noc(CN2C[C@H]3CC[C@@H]2CN(C2Cc4ccccc4C2)C3)n1. The van der Waals surface area contributed by atoms with Gasteiger partial charge in [-0.05, 0) is 42.7 Å². The van der Waals surface area contributed by atoms with Gasteiger partial charge >= 0.3 is 0 Å². The van der Waals surface area contributed by atoms with Gasteiger partial charge in [0, 0.05) is 31.7 Å². The Bertz CT molecular complexity index is 825. The highest BCUT2D eigenvalue weighted by Gasteiger charge is 2.39. The van der Waals surface area contributed by atoms with Crippen LogP contribution in [-0.4, -0.2) is 57.6 Å². The highest BCUT2D eigenvalue weighted by molar-refractivity contribution is 5.88. The zero-order chi connectivity index (χ0) is 18.4. The van der Waals surface area contributed by atoms with Crippen LogP contribution < -0.4 is 5.73 Å². The summed E-state index contributed by atoms with van der Waals surface area (Å²) in [5.41, 5.74) is 8.26. The molecular weight excluding hydrogens is 342 g/mol. The monoisotopic (exact) mass is 367 g/mol. The molecule has 4 heterocycles. The van der Waals surface area contributed by atoms with Crippen LogP contribution in [0.4, 0.5) is 0 Å². The molecule has 6 rings (SSSR count). The van der Waals surface area contributed by atoms with E-state index in [2.05, 4.69) is 44.2 Å².